The molecule has 0 bridgehead atoms. The summed E-state index contributed by atoms with van der Waals surface area (Å²) in [5.74, 6) is -2.26. The Balaban J connectivity index is 1.56. The highest BCUT2D eigenvalue weighted by Crippen LogP contribution is 2.45. The van der Waals surface area contributed by atoms with Gasteiger partial charge >= 0.3 is 11.9 Å². The number of amides is 2. The molecule has 0 aliphatic carbocycles. The van der Waals surface area contributed by atoms with Crippen LogP contribution in [0.3, 0.4) is 0 Å². The van der Waals surface area contributed by atoms with Crippen molar-refractivity contribution in [1.29, 1.82) is 0 Å². The van der Waals surface area contributed by atoms with Gasteiger partial charge in [-0.3, -0.25) is 14.5 Å². The largest absolute Gasteiger partial charge is 0.463 e. The van der Waals surface area contributed by atoms with Gasteiger partial charge in [-0.15, -0.1) is 23.5 Å². The molecule has 0 spiro atoms. The molecule has 47 heavy (non-hydrogen) atoms. The van der Waals surface area contributed by atoms with Crippen molar-refractivity contribution in [3.8, 4) is 0 Å². The summed E-state index contributed by atoms with van der Waals surface area (Å²) in [6.45, 7) is 3.27. The molecule has 2 aromatic heterocycles. The van der Waals surface area contributed by atoms with Crippen LogP contribution in [0.1, 0.15) is 26.0 Å². The lowest BCUT2D eigenvalue weighted by molar-refractivity contribution is -0.152. The third-order valence-corrected chi connectivity index (χ3v) is 10.8. The first-order chi connectivity index (χ1) is 22.5. The summed E-state index contributed by atoms with van der Waals surface area (Å²) in [4.78, 5) is 71.5. The number of aromatic nitrogens is 3. The number of ether oxygens (including phenoxy) is 2. The predicted octanol–water partition coefficient (Wildman–Crippen LogP) is 2.22. The summed E-state index contributed by atoms with van der Waals surface area (Å²) in [5.41, 5.74) is 17.1. The van der Waals surface area contributed by atoms with Gasteiger partial charge in [0.2, 0.25) is 5.95 Å². The number of nitrogen functional groups attached to an aromatic ring is 3. The molecule has 21 heteroatoms. The molecule has 4 rings (SSSR count). The van der Waals surface area contributed by atoms with Crippen LogP contribution < -0.4 is 22.5 Å². The Morgan fingerprint density at radius 3 is 2.60 bits per heavy atom. The Kier molecular flexibility index (Phi) is 12.6. The maximum absolute atomic E-state index is 13.6. The number of carbonyl (C=O) groups excluding carboxylic acids is 4. The average Bonchev–Trinajstić information content (AvgIpc) is 3.36. The molecular weight excluding hydrogens is 714 g/mol. The number of thiazole rings is 1. The number of thioether (sulfide) groups is 3. The van der Waals surface area contributed by atoms with Gasteiger partial charge in [-0.25, -0.2) is 19.6 Å². The number of esters is 2. The summed E-state index contributed by atoms with van der Waals surface area (Å²) in [5, 5.41) is 6.72. The number of β-lactam (4-membered cyclic amide) rings is 1. The van der Waals surface area contributed by atoms with Crippen LogP contribution in [-0.4, -0.2) is 91.9 Å². The van der Waals surface area contributed by atoms with E-state index < -0.39 is 35.2 Å². The summed E-state index contributed by atoms with van der Waals surface area (Å²) in [6, 6.07) is 0.531. The quantitative estimate of drug-likeness (QED) is 0.0317. The average molecular weight is 744 g/mol. The number of nitrogens with one attached hydrogen (secondary N) is 1. The summed E-state index contributed by atoms with van der Waals surface area (Å²) >= 11 is 11.1. The van der Waals surface area contributed by atoms with Gasteiger partial charge in [0.25, 0.3) is 11.8 Å². The second kappa shape index (κ2) is 16.4. The van der Waals surface area contributed by atoms with Gasteiger partial charge in [0.05, 0.1) is 12.2 Å². The standard InChI is InChI=1S/C26H30ClN9O7S4/c1-4-6-11(23(39)42-5-2)8-43-24(40)18-12(45-10-46-14-7-13(28)31-25(29)32-14)9-44-22-17(21(38)36(18)22)33-20(37)16(35-41-3)15-19(27)47-26(30)34-15/h6-7,17,22H,4-5,8-10H2,1-3H3,(H2,30,34)(H,33,37)(H4,28,29,31,32)/b11-6+,35-16?. The molecule has 0 radical (unpaired) electrons. The number of allylic oxidation sites excluding steroid dienone is 1. The maximum Gasteiger partial charge on any atom is 0.356 e. The topological polar surface area (TPSA) is 240 Å². The van der Waals surface area contributed by atoms with Crippen LogP contribution in [0.25, 0.3) is 0 Å². The van der Waals surface area contributed by atoms with E-state index in [1.54, 1.807) is 19.1 Å². The Morgan fingerprint density at radius 1 is 1.19 bits per heavy atom. The van der Waals surface area contributed by atoms with E-state index in [2.05, 4.69) is 25.4 Å². The van der Waals surface area contributed by atoms with Gasteiger partial charge in [-0.2, -0.15) is 4.98 Å². The number of hydrogen-bond acceptors (Lipinski definition) is 18. The van der Waals surface area contributed by atoms with Crippen molar-refractivity contribution in [1.82, 2.24) is 25.2 Å². The first kappa shape index (κ1) is 36.1. The van der Waals surface area contributed by atoms with Gasteiger partial charge < -0.3 is 36.8 Å². The fraction of sp³-hybridized carbons (Fsp3) is 0.385. The van der Waals surface area contributed by atoms with Crippen LogP contribution in [-0.2, 0) is 33.5 Å². The first-order valence-electron chi connectivity index (χ1n) is 13.7. The molecular formula is C26H30ClN9O7S4. The van der Waals surface area contributed by atoms with Crippen LogP contribution in [0.15, 0.2) is 38.5 Å². The Morgan fingerprint density at radius 2 is 1.96 bits per heavy atom. The lowest BCUT2D eigenvalue weighted by Crippen LogP contribution is -2.71. The zero-order chi connectivity index (χ0) is 34.2. The molecule has 2 amide bonds. The number of rotatable bonds is 14. The predicted molar refractivity (Wildman–Crippen MR) is 182 cm³/mol. The van der Waals surface area contributed by atoms with E-state index >= 15 is 0 Å². The fourth-order valence-electron chi connectivity index (χ4n) is 4.23. The molecule has 0 saturated carbocycles. The van der Waals surface area contributed by atoms with Crippen LogP contribution in [0.5, 0.6) is 0 Å². The minimum Gasteiger partial charge on any atom is -0.463 e. The number of fused-ring (bicyclic) bond motifs is 1. The Bertz CT molecular complexity index is 1630. The monoisotopic (exact) mass is 743 g/mol. The molecule has 0 aromatic carbocycles. The van der Waals surface area contributed by atoms with Gasteiger partial charge in [0, 0.05) is 21.8 Å². The number of carbonyl (C=O) groups is 4. The Labute approximate surface area is 290 Å². The first-order valence-corrected chi connectivity index (χ1v) is 17.9. The summed E-state index contributed by atoms with van der Waals surface area (Å²) in [6.07, 6.45) is 2.11. The van der Waals surface area contributed by atoms with E-state index in [-0.39, 0.29) is 57.1 Å². The van der Waals surface area contributed by atoms with Crippen molar-refractivity contribution >= 4 is 105 Å². The SMILES string of the molecule is CC/C=C(\COC(=O)C1=C(SCSc2cc(N)nc(N)n2)CSC2C(NC(=O)C(=NOC)c3nc(N)sc3Cl)C(=O)N12)C(=O)OCC. The highest BCUT2D eigenvalue weighted by Gasteiger charge is 2.55. The van der Waals surface area contributed by atoms with Gasteiger partial charge in [0.15, 0.2) is 10.8 Å². The van der Waals surface area contributed by atoms with Crippen LogP contribution in [0, 0.1) is 0 Å². The number of halogens is 1. The van der Waals surface area contributed by atoms with Crippen molar-refractivity contribution in [2.45, 2.75) is 36.7 Å². The van der Waals surface area contributed by atoms with Crippen LogP contribution in [0.4, 0.5) is 16.9 Å². The summed E-state index contributed by atoms with van der Waals surface area (Å²) < 4.78 is 10.7. The van der Waals surface area contributed by atoms with Gasteiger partial charge in [-0.05, 0) is 13.3 Å². The third-order valence-electron chi connectivity index (χ3n) is 6.16. The van der Waals surface area contributed by atoms with E-state index in [1.165, 1.54) is 47.3 Å². The lowest BCUT2D eigenvalue weighted by Gasteiger charge is -2.49. The molecule has 2 unspecified atom stereocenters. The normalized spacial score (nSPS) is 18.0. The molecule has 252 valence electrons. The molecule has 16 nitrogen and oxygen atoms in total. The van der Waals surface area contributed by atoms with Crippen molar-refractivity contribution in [3.63, 3.8) is 0 Å². The van der Waals surface area contributed by atoms with Crippen LogP contribution in [0.2, 0.25) is 4.34 Å². The van der Waals surface area contributed by atoms with Crippen LogP contribution >= 0.6 is 58.2 Å². The zero-order valence-electron chi connectivity index (χ0n) is 25.2. The van der Waals surface area contributed by atoms with E-state index in [4.69, 9.17) is 43.1 Å². The van der Waals surface area contributed by atoms with E-state index in [0.717, 1.165) is 11.3 Å². The fourth-order valence-corrected chi connectivity index (χ4v) is 8.86. The lowest BCUT2D eigenvalue weighted by atomic mass is 10.0. The number of anilines is 3. The molecule has 2 aromatic rings. The maximum atomic E-state index is 13.6. The van der Waals surface area contributed by atoms with Crippen molar-refractivity contribution in [2.24, 2.45) is 5.16 Å². The van der Waals surface area contributed by atoms with Crippen molar-refractivity contribution in [3.05, 3.63) is 38.3 Å². The number of nitrogens with two attached hydrogens (primary N) is 3. The van der Waals surface area contributed by atoms with E-state index in [0.29, 0.717) is 27.2 Å². The van der Waals surface area contributed by atoms with Gasteiger partial charge in [-0.1, -0.05) is 52.9 Å². The number of nitrogens with zero attached hydrogens (tertiary/aromatic N) is 5. The molecule has 1 saturated heterocycles. The zero-order valence-corrected chi connectivity index (χ0v) is 29.2. The molecule has 2 aliphatic rings. The van der Waals surface area contributed by atoms with Crippen molar-refractivity contribution < 1.29 is 33.5 Å². The summed E-state index contributed by atoms with van der Waals surface area (Å²) in [7, 11) is 1.24. The van der Waals surface area contributed by atoms with Crippen molar-refractivity contribution in [2.75, 3.05) is 48.4 Å². The second-order valence-corrected chi connectivity index (χ2v) is 14.4. The third kappa shape index (κ3) is 8.61. The molecule has 7 N–H and O–H groups in total. The number of oxime groups is 1. The second-order valence-electron chi connectivity index (χ2n) is 9.26. The molecule has 1 fully saturated rings. The number of hydrogen-bond donors (Lipinski definition) is 4. The van der Waals surface area contributed by atoms with Gasteiger partial charge in [0.1, 0.15) is 51.7 Å². The Hall–Kier alpha value is -3.72. The highest BCUT2D eigenvalue weighted by molar-refractivity contribution is 8.18. The molecule has 2 aliphatic heterocycles. The highest BCUT2D eigenvalue weighted by atomic mass is 35.5. The minimum absolute atomic E-state index is 0.00136. The smallest absolute Gasteiger partial charge is 0.356 e. The van der Waals surface area contributed by atoms with E-state index in [1.807, 2.05) is 6.92 Å². The molecule has 4 heterocycles. The minimum atomic E-state index is -1.03. The van der Waals surface area contributed by atoms with E-state index in [9.17, 15) is 19.2 Å². The molecule has 2 atom stereocenters.